The van der Waals surface area contributed by atoms with Crippen LogP contribution in [0.1, 0.15) is 37.8 Å². The Kier molecular flexibility index (Phi) is 5.82. The molecule has 0 aliphatic carbocycles. The van der Waals surface area contributed by atoms with Gasteiger partial charge in [0.15, 0.2) is 0 Å². The average molecular weight is 450 g/mol. The predicted octanol–water partition coefficient (Wildman–Crippen LogP) is 4.85. The maximum absolute atomic E-state index is 13.5. The molecule has 1 aliphatic rings. The third kappa shape index (κ3) is 4.23. The first-order valence-corrected chi connectivity index (χ1v) is 10.0. The predicted molar refractivity (Wildman–Crippen MR) is 110 cm³/mol. The molecule has 6 heteroatoms. The molecule has 2 atom stereocenters. The minimum absolute atomic E-state index is 0.149. The third-order valence-corrected chi connectivity index (χ3v) is 5.70. The molecule has 4 nitrogen and oxygen atoms in total. The lowest BCUT2D eigenvalue weighted by atomic mass is 9.70. The Labute approximate surface area is 173 Å². The second-order valence-electron chi connectivity index (χ2n) is 8.29. The maximum atomic E-state index is 13.5. The zero-order chi connectivity index (χ0) is 20.5. The lowest BCUT2D eigenvalue weighted by Gasteiger charge is -2.33. The van der Waals surface area contributed by atoms with Crippen molar-refractivity contribution < 1.29 is 19.0 Å². The van der Waals surface area contributed by atoms with Crippen molar-refractivity contribution >= 4 is 22.0 Å². The van der Waals surface area contributed by atoms with Crippen LogP contribution >= 0.6 is 15.9 Å². The van der Waals surface area contributed by atoms with E-state index in [1.807, 2.05) is 45.0 Å². The van der Waals surface area contributed by atoms with Crippen molar-refractivity contribution in [1.82, 2.24) is 4.90 Å². The van der Waals surface area contributed by atoms with Crippen molar-refractivity contribution in [2.45, 2.75) is 37.7 Å². The van der Waals surface area contributed by atoms with Crippen LogP contribution in [0.4, 0.5) is 9.18 Å². The van der Waals surface area contributed by atoms with Gasteiger partial charge in [0, 0.05) is 28.9 Å². The van der Waals surface area contributed by atoms with E-state index in [1.54, 1.807) is 17.0 Å². The zero-order valence-electron chi connectivity index (χ0n) is 16.3. The van der Waals surface area contributed by atoms with Gasteiger partial charge >= 0.3 is 6.09 Å². The molecule has 1 heterocycles. The van der Waals surface area contributed by atoms with Crippen molar-refractivity contribution in [3.05, 3.63) is 69.9 Å². The number of benzene rings is 2. The summed E-state index contributed by atoms with van der Waals surface area (Å²) >= 11 is 3.45. The lowest BCUT2D eigenvalue weighted by molar-refractivity contribution is 0.0276. The molecule has 1 saturated heterocycles. The Morgan fingerprint density at radius 1 is 1.21 bits per heavy atom. The molecule has 1 N–H and O–H groups in total. The Morgan fingerprint density at radius 3 is 2.36 bits per heavy atom. The van der Waals surface area contributed by atoms with E-state index in [1.165, 1.54) is 12.1 Å². The molecule has 0 aromatic heterocycles. The van der Waals surface area contributed by atoms with E-state index in [9.17, 15) is 14.3 Å². The minimum Gasteiger partial charge on any atom is -0.444 e. The van der Waals surface area contributed by atoms with Gasteiger partial charge in [0.25, 0.3) is 0 Å². The second kappa shape index (κ2) is 7.84. The monoisotopic (exact) mass is 449 g/mol. The molecule has 0 spiro atoms. The highest BCUT2D eigenvalue weighted by Crippen LogP contribution is 2.45. The summed E-state index contributed by atoms with van der Waals surface area (Å²) in [7, 11) is 0. The molecule has 0 saturated carbocycles. The topological polar surface area (TPSA) is 49.8 Å². The van der Waals surface area contributed by atoms with Gasteiger partial charge in [-0.25, -0.2) is 9.18 Å². The number of hydrogen-bond donors (Lipinski definition) is 1. The van der Waals surface area contributed by atoms with E-state index >= 15 is 0 Å². The van der Waals surface area contributed by atoms with Gasteiger partial charge < -0.3 is 14.7 Å². The Morgan fingerprint density at radius 2 is 1.82 bits per heavy atom. The molecular weight excluding hydrogens is 425 g/mol. The van der Waals surface area contributed by atoms with Gasteiger partial charge in [0.1, 0.15) is 11.4 Å². The van der Waals surface area contributed by atoms with Crippen molar-refractivity contribution in [1.29, 1.82) is 0 Å². The molecule has 150 valence electrons. The van der Waals surface area contributed by atoms with Crippen LogP contribution in [-0.2, 0) is 10.2 Å². The summed E-state index contributed by atoms with van der Waals surface area (Å²) in [5, 5.41) is 10.5. The summed E-state index contributed by atoms with van der Waals surface area (Å²) < 4.78 is 20.0. The van der Waals surface area contributed by atoms with Crippen LogP contribution in [0.3, 0.4) is 0 Å². The number of ether oxygens (including phenoxy) is 1. The van der Waals surface area contributed by atoms with Gasteiger partial charge in [-0.1, -0.05) is 40.2 Å². The number of aliphatic hydroxyl groups is 1. The number of hydrogen-bond acceptors (Lipinski definition) is 3. The molecule has 3 rings (SSSR count). The number of likely N-dealkylation sites (tertiary alicyclic amines) is 1. The number of amides is 1. The van der Waals surface area contributed by atoms with Gasteiger partial charge in [0.05, 0.1) is 6.61 Å². The van der Waals surface area contributed by atoms with Crippen LogP contribution in [0, 0.1) is 5.82 Å². The highest BCUT2D eigenvalue weighted by Gasteiger charge is 2.50. The highest BCUT2D eigenvalue weighted by atomic mass is 79.9. The normalized spacial score (nSPS) is 22.4. The summed E-state index contributed by atoms with van der Waals surface area (Å²) in [6.45, 7) is 6.02. The van der Waals surface area contributed by atoms with Crippen molar-refractivity contribution in [3.8, 4) is 0 Å². The molecule has 1 fully saturated rings. The van der Waals surface area contributed by atoms with E-state index < -0.39 is 17.1 Å². The average Bonchev–Trinajstić information content (AvgIpc) is 3.03. The number of carbonyl (C=O) groups excluding carboxylic acids is 1. The molecule has 0 bridgehead atoms. The zero-order valence-corrected chi connectivity index (χ0v) is 17.9. The summed E-state index contributed by atoms with van der Waals surface area (Å²) in [5.74, 6) is -0.484. The second-order valence-corrected chi connectivity index (χ2v) is 9.20. The Hall–Kier alpha value is -1.92. The first kappa shape index (κ1) is 20.8. The fourth-order valence-electron chi connectivity index (χ4n) is 3.82. The molecule has 0 unspecified atom stereocenters. The van der Waals surface area contributed by atoms with Gasteiger partial charge in [-0.05, 0) is 56.2 Å². The summed E-state index contributed by atoms with van der Waals surface area (Å²) in [5.41, 5.74) is 0.464. The van der Waals surface area contributed by atoms with Crippen LogP contribution in [0.5, 0.6) is 0 Å². The van der Waals surface area contributed by atoms with E-state index in [0.29, 0.717) is 13.1 Å². The third-order valence-electron chi connectivity index (χ3n) is 5.17. The Bertz CT molecular complexity index is 832. The van der Waals surface area contributed by atoms with Gasteiger partial charge in [0.2, 0.25) is 0 Å². The first-order valence-electron chi connectivity index (χ1n) is 9.25. The standard InChI is InChI=1S/C22H25BrFNO3/c1-21(2,3)28-20(27)25-12-19(15-4-8-17(23)9-5-15)22(13-25,14-26)16-6-10-18(24)11-7-16/h4-11,19,26H,12-14H2,1-3H3/t19-,22+/m0/s1. The van der Waals surface area contributed by atoms with Crippen molar-refractivity contribution in [2.75, 3.05) is 19.7 Å². The smallest absolute Gasteiger partial charge is 0.410 e. The first-order chi connectivity index (χ1) is 13.1. The lowest BCUT2D eigenvalue weighted by Crippen LogP contribution is -2.40. The van der Waals surface area contributed by atoms with E-state index in [2.05, 4.69) is 15.9 Å². The van der Waals surface area contributed by atoms with Crippen LogP contribution in [0.15, 0.2) is 53.0 Å². The number of rotatable bonds is 3. The summed E-state index contributed by atoms with van der Waals surface area (Å²) in [6.07, 6.45) is -0.410. The molecule has 1 amide bonds. The number of halogens is 2. The Balaban J connectivity index is 2.03. The number of carbonyl (C=O) groups is 1. The van der Waals surface area contributed by atoms with E-state index in [-0.39, 0.29) is 18.3 Å². The minimum atomic E-state index is -0.738. The van der Waals surface area contributed by atoms with Gasteiger partial charge in [-0.15, -0.1) is 0 Å². The molecule has 0 radical (unpaired) electrons. The molecular formula is C22H25BrFNO3. The van der Waals surface area contributed by atoms with Crippen LogP contribution in [0.25, 0.3) is 0 Å². The number of aliphatic hydroxyl groups excluding tert-OH is 1. The summed E-state index contributed by atoms with van der Waals surface area (Å²) in [6, 6.07) is 14.0. The molecule has 2 aromatic carbocycles. The molecule has 2 aromatic rings. The number of nitrogens with zero attached hydrogens (tertiary/aromatic N) is 1. The van der Waals surface area contributed by atoms with Gasteiger partial charge in [-0.2, -0.15) is 0 Å². The molecule has 28 heavy (non-hydrogen) atoms. The fraction of sp³-hybridized carbons (Fsp3) is 0.409. The van der Waals surface area contributed by atoms with Crippen molar-refractivity contribution in [2.24, 2.45) is 0 Å². The quantitative estimate of drug-likeness (QED) is 0.727. The van der Waals surface area contributed by atoms with Gasteiger partial charge in [-0.3, -0.25) is 0 Å². The summed E-state index contributed by atoms with van der Waals surface area (Å²) in [4.78, 5) is 14.4. The van der Waals surface area contributed by atoms with E-state index in [4.69, 9.17) is 4.74 Å². The SMILES string of the molecule is CC(C)(C)OC(=O)N1C[C@@H](c2ccc(Br)cc2)[C@](CO)(c2ccc(F)cc2)C1. The maximum Gasteiger partial charge on any atom is 0.410 e. The van der Waals surface area contributed by atoms with Crippen molar-refractivity contribution in [3.63, 3.8) is 0 Å². The van der Waals surface area contributed by atoms with E-state index in [0.717, 1.165) is 15.6 Å². The molecule has 1 aliphatic heterocycles. The highest BCUT2D eigenvalue weighted by molar-refractivity contribution is 9.10. The largest absolute Gasteiger partial charge is 0.444 e. The van der Waals surface area contributed by atoms with Crippen LogP contribution in [0.2, 0.25) is 0 Å². The van der Waals surface area contributed by atoms with Crippen LogP contribution < -0.4 is 0 Å². The van der Waals surface area contributed by atoms with Crippen LogP contribution in [-0.4, -0.2) is 41.4 Å². The fourth-order valence-corrected chi connectivity index (χ4v) is 4.09.